The lowest BCUT2D eigenvalue weighted by molar-refractivity contribution is 0.275. The number of hydrogen-bond acceptors (Lipinski definition) is 4. The number of aliphatic hydroxyl groups is 1. The van der Waals surface area contributed by atoms with Crippen LogP contribution < -0.4 is 14.2 Å². The predicted octanol–water partition coefficient (Wildman–Crippen LogP) is 5.41. The minimum atomic E-state index is -0.0890. The van der Waals surface area contributed by atoms with Crippen LogP contribution >= 0.6 is 0 Å². The van der Waals surface area contributed by atoms with E-state index in [0.717, 1.165) is 16.7 Å². The summed E-state index contributed by atoms with van der Waals surface area (Å²) in [5, 5.41) is 9.78. The number of benzene rings is 2. The molecule has 0 aromatic heterocycles. The molecule has 4 nitrogen and oxygen atoms in total. The van der Waals surface area contributed by atoms with E-state index in [1.165, 1.54) is 0 Å². The van der Waals surface area contributed by atoms with E-state index in [1.807, 2.05) is 30.3 Å². The van der Waals surface area contributed by atoms with Gasteiger partial charge in [0.15, 0.2) is 11.5 Å². The first-order valence-corrected chi connectivity index (χ1v) is 8.89. The number of ether oxygens (including phenoxy) is 3. The van der Waals surface area contributed by atoms with E-state index < -0.39 is 0 Å². The summed E-state index contributed by atoms with van der Waals surface area (Å²) in [4.78, 5) is 0. The van der Waals surface area contributed by atoms with Crippen LogP contribution in [0.3, 0.4) is 0 Å². The molecule has 2 rings (SSSR count). The molecule has 2 aromatic carbocycles. The standard InChI is InChI=1S/C22H30O4/c1-14(2)15-8-9-18(16(10-15)13-23)26-20-12-17(22(3,4)5)11-19(24-6)21(20)25-7/h8-12,14,23H,13H2,1-7H3. The van der Waals surface area contributed by atoms with Gasteiger partial charge in [0.25, 0.3) is 0 Å². The average Bonchev–Trinajstić information content (AvgIpc) is 2.60. The van der Waals surface area contributed by atoms with Crippen LogP contribution in [0, 0.1) is 0 Å². The first kappa shape index (κ1) is 20.1. The molecule has 0 aliphatic heterocycles. The van der Waals surface area contributed by atoms with Gasteiger partial charge in [-0.15, -0.1) is 0 Å². The van der Waals surface area contributed by atoms with Gasteiger partial charge in [0.2, 0.25) is 5.75 Å². The van der Waals surface area contributed by atoms with Crippen molar-refractivity contribution in [2.45, 2.75) is 52.6 Å². The van der Waals surface area contributed by atoms with Crippen LogP contribution in [0.5, 0.6) is 23.0 Å². The van der Waals surface area contributed by atoms with Gasteiger partial charge in [0.1, 0.15) is 5.75 Å². The molecule has 4 heteroatoms. The van der Waals surface area contributed by atoms with E-state index >= 15 is 0 Å². The van der Waals surface area contributed by atoms with Crippen LogP contribution in [0.25, 0.3) is 0 Å². The molecular formula is C22H30O4. The van der Waals surface area contributed by atoms with Crippen LogP contribution in [0.15, 0.2) is 30.3 Å². The summed E-state index contributed by atoms with van der Waals surface area (Å²) >= 11 is 0. The van der Waals surface area contributed by atoms with Gasteiger partial charge in [0, 0.05) is 5.56 Å². The zero-order valence-electron chi connectivity index (χ0n) is 16.8. The first-order chi connectivity index (χ1) is 12.2. The lowest BCUT2D eigenvalue weighted by Crippen LogP contribution is -2.12. The Morgan fingerprint density at radius 1 is 0.923 bits per heavy atom. The third-order valence-electron chi connectivity index (χ3n) is 4.45. The minimum Gasteiger partial charge on any atom is -0.493 e. The Morgan fingerprint density at radius 2 is 1.58 bits per heavy atom. The van der Waals surface area contributed by atoms with Crippen LogP contribution in [0.1, 0.15) is 57.2 Å². The number of aliphatic hydroxyl groups excluding tert-OH is 1. The van der Waals surface area contributed by atoms with Gasteiger partial charge in [-0.05, 0) is 46.7 Å². The van der Waals surface area contributed by atoms with Crippen molar-refractivity contribution in [1.29, 1.82) is 0 Å². The Morgan fingerprint density at radius 3 is 2.08 bits per heavy atom. The lowest BCUT2D eigenvalue weighted by atomic mass is 9.86. The Hall–Kier alpha value is -2.20. The van der Waals surface area contributed by atoms with E-state index in [2.05, 4.69) is 34.6 Å². The van der Waals surface area contributed by atoms with Gasteiger partial charge in [-0.3, -0.25) is 0 Å². The van der Waals surface area contributed by atoms with E-state index in [1.54, 1.807) is 14.2 Å². The molecule has 0 heterocycles. The van der Waals surface area contributed by atoms with Gasteiger partial charge in [0.05, 0.1) is 20.8 Å². The molecular weight excluding hydrogens is 328 g/mol. The molecule has 0 amide bonds. The predicted molar refractivity (Wildman–Crippen MR) is 105 cm³/mol. The fourth-order valence-electron chi connectivity index (χ4n) is 2.74. The molecule has 0 spiro atoms. The molecule has 142 valence electrons. The maximum absolute atomic E-state index is 9.78. The number of hydrogen-bond donors (Lipinski definition) is 1. The highest BCUT2D eigenvalue weighted by molar-refractivity contribution is 5.57. The molecule has 0 radical (unpaired) electrons. The van der Waals surface area contributed by atoms with Crippen molar-refractivity contribution in [1.82, 2.24) is 0 Å². The third-order valence-corrected chi connectivity index (χ3v) is 4.45. The van der Waals surface area contributed by atoms with Crippen molar-refractivity contribution < 1.29 is 19.3 Å². The molecule has 0 saturated carbocycles. The summed E-state index contributed by atoms with van der Waals surface area (Å²) in [6.45, 7) is 10.6. The smallest absolute Gasteiger partial charge is 0.203 e. The Labute approximate surface area is 156 Å². The van der Waals surface area contributed by atoms with Crippen molar-refractivity contribution in [2.24, 2.45) is 0 Å². The third kappa shape index (κ3) is 4.31. The molecule has 0 fully saturated rings. The largest absolute Gasteiger partial charge is 0.493 e. The summed E-state index contributed by atoms with van der Waals surface area (Å²) in [5.41, 5.74) is 2.92. The zero-order chi connectivity index (χ0) is 19.5. The fourth-order valence-corrected chi connectivity index (χ4v) is 2.74. The Bertz CT molecular complexity index is 757. The molecule has 0 saturated heterocycles. The summed E-state index contributed by atoms with van der Waals surface area (Å²) in [5.74, 6) is 2.73. The summed E-state index contributed by atoms with van der Waals surface area (Å²) in [7, 11) is 3.21. The second-order valence-corrected chi connectivity index (χ2v) is 7.74. The maximum Gasteiger partial charge on any atom is 0.203 e. The Kier molecular flexibility index (Phi) is 6.19. The highest BCUT2D eigenvalue weighted by Gasteiger charge is 2.22. The fraction of sp³-hybridized carbons (Fsp3) is 0.455. The zero-order valence-corrected chi connectivity index (χ0v) is 16.8. The van der Waals surface area contributed by atoms with E-state index in [0.29, 0.717) is 28.9 Å². The lowest BCUT2D eigenvalue weighted by Gasteiger charge is -2.23. The van der Waals surface area contributed by atoms with Gasteiger partial charge < -0.3 is 19.3 Å². The monoisotopic (exact) mass is 358 g/mol. The molecule has 0 aliphatic rings. The molecule has 1 N–H and O–H groups in total. The van der Waals surface area contributed by atoms with Crippen molar-refractivity contribution in [3.63, 3.8) is 0 Å². The second kappa shape index (κ2) is 8.00. The summed E-state index contributed by atoms with van der Waals surface area (Å²) in [6.07, 6.45) is 0. The van der Waals surface area contributed by atoms with Gasteiger partial charge in [-0.25, -0.2) is 0 Å². The van der Waals surface area contributed by atoms with E-state index in [4.69, 9.17) is 14.2 Å². The SMILES string of the molecule is COc1cc(C(C)(C)C)cc(Oc2ccc(C(C)C)cc2CO)c1OC. The van der Waals surface area contributed by atoms with E-state index in [9.17, 15) is 5.11 Å². The van der Waals surface area contributed by atoms with Crippen LogP contribution in [0.2, 0.25) is 0 Å². The number of rotatable bonds is 6. The normalized spacial score (nSPS) is 11.6. The van der Waals surface area contributed by atoms with Crippen molar-refractivity contribution >= 4 is 0 Å². The van der Waals surface area contributed by atoms with Crippen LogP contribution in [-0.2, 0) is 12.0 Å². The maximum atomic E-state index is 9.78. The molecule has 2 aromatic rings. The van der Waals surface area contributed by atoms with Crippen molar-refractivity contribution in [3.8, 4) is 23.0 Å². The average molecular weight is 358 g/mol. The summed E-state index contributed by atoms with van der Waals surface area (Å²) < 4.78 is 17.2. The quantitative estimate of drug-likeness (QED) is 0.750. The van der Waals surface area contributed by atoms with Crippen LogP contribution in [-0.4, -0.2) is 19.3 Å². The minimum absolute atomic E-state index is 0.0705. The molecule has 0 atom stereocenters. The molecule has 26 heavy (non-hydrogen) atoms. The molecule has 0 unspecified atom stereocenters. The molecule has 0 aliphatic carbocycles. The van der Waals surface area contributed by atoms with Gasteiger partial charge >= 0.3 is 0 Å². The second-order valence-electron chi connectivity index (χ2n) is 7.74. The highest BCUT2D eigenvalue weighted by atomic mass is 16.5. The van der Waals surface area contributed by atoms with Gasteiger partial charge in [-0.2, -0.15) is 0 Å². The van der Waals surface area contributed by atoms with Gasteiger partial charge in [-0.1, -0.05) is 40.7 Å². The molecule has 0 bridgehead atoms. The Balaban J connectivity index is 2.54. The van der Waals surface area contributed by atoms with Crippen molar-refractivity contribution in [2.75, 3.05) is 14.2 Å². The highest BCUT2D eigenvalue weighted by Crippen LogP contribution is 2.44. The summed E-state index contributed by atoms with van der Waals surface area (Å²) in [6, 6.07) is 9.85. The topological polar surface area (TPSA) is 47.9 Å². The number of methoxy groups -OCH3 is 2. The van der Waals surface area contributed by atoms with Crippen LogP contribution in [0.4, 0.5) is 0 Å². The van der Waals surface area contributed by atoms with Crippen molar-refractivity contribution in [3.05, 3.63) is 47.0 Å². The van der Waals surface area contributed by atoms with E-state index in [-0.39, 0.29) is 12.0 Å². The first-order valence-electron chi connectivity index (χ1n) is 8.89.